The fraction of sp³-hybridized carbons (Fsp3) is 0.231. The zero-order valence-electron chi connectivity index (χ0n) is 27.7. The van der Waals surface area contributed by atoms with E-state index in [-0.39, 0.29) is 36.7 Å². The number of aliphatic carboxylic acids is 1. The van der Waals surface area contributed by atoms with Gasteiger partial charge in [0, 0.05) is 53.5 Å². The van der Waals surface area contributed by atoms with E-state index in [0.717, 1.165) is 16.0 Å². The molecule has 3 heterocycles. The van der Waals surface area contributed by atoms with Gasteiger partial charge >= 0.3 is 5.97 Å². The van der Waals surface area contributed by atoms with Crippen LogP contribution in [0.5, 0.6) is 0 Å². The summed E-state index contributed by atoms with van der Waals surface area (Å²) in [6.45, 7) is 6.41. The van der Waals surface area contributed by atoms with Gasteiger partial charge in [-0.15, -0.1) is 11.3 Å². The molecular weight excluding hydrogens is 654 g/mol. The van der Waals surface area contributed by atoms with Gasteiger partial charge < -0.3 is 15.3 Å². The monoisotopic (exact) mass is 687 g/mol. The largest absolute Gasteiger partial charge is 0.481 e. The highest BCUT2D eigenvalue weighted by molar-refractivity contribution is 7.14. The second kappa shape index (κ2) is 14.0. The summed E-state index contributed by atoms with van der Waals surface area (Å²) in [5, 5.41) is 21.2. The van der Waals surface area contributed by atoms with Gasteiger partial charge in [-0.1, -0.05) is 69.3 Å². The highest BCUT2D eigenvalue weighted by Gasteiger charge is 2.39. The summed E-state index contributed by atoms with van der Waals surface area (Å²) in [5.41, 5.74) is 4.26. The number of carboxylic acid groups (broad SMARTS) is 1. The molecule has 1 saturated heterocycles. The van der Waals surface area contributed by atoms with Crippen LogP contribution in [0.25, 0.3) is 33.6 Å². The molecule has 50 heavy (non-hydrogen) atoms. The van der Waals surface area contributed by atoms with Crippen LogP contribution in [-0.4, -0.2) is 56.9 Å². The zero-order chi connectivity index (χ0) is 35.6. The second-order valence-electron chi connectivity index (χ2n) is 13.3. The van der Waals surface area contributed by atoms with E-state index in [1.165, 1.54) is 22.3 Å². The fourth-order valence-electron chi connectivity index (χ4n) is 5.64. The zero-order valence-corrected chi connectivity index (χ0v) is 28.5. The van der Waals surface area contributed by atoms with Gasteiger partial charge in [0.05, 0.1) is 22.4 Å². The van der Waals surface area contributed by atoms with Gasteiger partial charge in [-0.2, -0.15) is 5.26 Å². The molecule has 0 bridgehead atoms. The van der Waals surface area contributed by atoms with Gasteiger partial charge in [0.2, 0.25) is 5.91 Å². The van der Waals surface area contributed by atoms with Crippen LogP contribution in [0.15, 0.2) is 91.3 Å². The summed E-state index contributed by atoms with van der Waals surface area (Å²) in [4.78, 5) is 50.0. The maximum absolute atomic E-state index is 15.2. The minimum atomic E-state index is -0.948. The van der Waals surface area contributed by atoms with Crippen molar-refractivity contribution in [2.24, 2.45) is 5.92 Å². The number of thiophene rings is 1. The molecule has 1 atom stereocenters. The molecule has 0 radical (unpaired) electrons. The number of nitriles is 1. The van der Waals surface area contributed by atoms with Gasteiger partial charge in [0.15, 0.2) is 5.82 Å². The minimum Gasteiger partial charge on any atom is -0.481 e. The Kier molecular flexibility index (Phi) is 9.57. The van der Waals surface area contributed by atoms with E-state index in [1.807, 2.05) is 36.4 Å². The first-order valence-electron chi connectivity index (χ1n) is 16.0. The molecular formula is C39H34FN5O4S. The summed E-state index contributed by atoms with van der Waals surface area (Å²) in [6.07, 6.45) is 3.33. The molecule has 9 nitrogen and oxygen atoms in total. The normalized spacial score (nSPS) is 13.6. The molecule has 2 N–H and O–H groups in total. The smallest absolute Gasteiger partial charge is 0.310 e. The van der Waals surface area contributed by atoms with Crippen molar-refractivity contribution in [1.29, 1.82) is 5.26 Å². The van der Waals surface area contributed by atoms with E-state index >= 15 is 4.39 Å². The van der Waals surface area contributed by atoms with Crippen LogP contribution in [0, 0.1) is 23.1 Å². The lowest BCUT2D eigenvalue weighted by atomic mass is 9.95. The first kappa shape index (κ1) is 34.1. The highest BCUT2D eigenvalue weighted by atomic mass is 32.1. The number of rotatable bonds is 9. The van der Waals surface area contributed by atoms with E-state index in [4.69, 9.17) is 5.26 Å². The van der Waals surface area contributed by atoms with Crippen molar-refractivity contribution in [2.45, 2.75) is 38.6 Å². The number of hydrogen-bond donors (Lipinski definition) is 2. The van der Waals surface area contributed by atoms with Crippen LogP contribution in [0.2, 0.25) is 0 Å². The molecule has 0 unspecified atom stereocenters. The van der Waals surface area contributed by atoms with Crippen LogP contribution in [0.4, 0.5) is 4.39 Å². The van der Waals surface area contributed by atoms with Crippen molar-refractivity contribution >= 4 is 29.1 Å². The molecule has 0 spiro atoms. The summed E-state index contributed by atoms with van der Waals surface area (Å²) >= 11 is 1.38. The highest BCUT2D eigenvalue weighted by Crippen LogP contribution is 2.31. The first-order chi connectivity index (χ1) is 23.9. The Morgan fingerprint density at radius 1 is 0.940 bits per heavy atom. The molecule has 252 valence electrons. The standard InChI is InChI=1S/C39H34FN5O4S/c1-39(2,3)34-15-14-33(50-34)36(46)44-32(37(47)45-21-29(22-45)38(48)49)16-23-4-10-26(11-5-23)35-42-19-28(20-43-35)30-13-12-27(17-31(30)40)25-8-6-24(18-41)7-9-25/h4-15,17,19-20,29,32H,16,21-22H2,1-3H3,(H,44,46)(H,48,49)/t32-/m0/s1. The first-order valence-corrected chi connectivity index (χ1v) is 16.9. The maximum Gasteiger partial charge on any atom is 0.310 e. The third-order valence-corrected chi connectivity index (χ3v) is 10.2. The van der Waals surface area contributed by atoms with Crippen molar-refractivity contribution in [3.05, 3.63) is 118 Å². The quantitative estimate of drug-likeness (QED) is 0.175. The molecule has 2 amide bonds. The predicted molar refractivity (Wildman–Crippen MR) is 189 cm³/mol. The Morgan fingerprint density at radius 2 is 1.58 bits per heavy atom. The Morgan fingerprint density at radius 3 is 2.16 bits per heavy atom. The van der Waals surface area contributed by atoms with Gasteiger partial charge in [-0.25, -0.2) is 14.4 Å². The van der Waals surface area contributed by atoms with Gasteiger partial charge in [-0.05, 0) is 52.4 Å². The third-order valence-electron chi connectivity index (χ3n) is 8.65. The third kappa shape index (κ3) is 7.46. The summed E-state index contributed by atoms with van der Waals surface area (Å²) in [5.74, 6) is -2.24. The lowest BCUT2D eigenvalue weighted by Crippen LogP contribution is -2.59. The van der Waals surface area contributed by atoms with Crippen LogP contribution in [0.1, 0.15) is 46.4 Å². The molecule has 0 aliphatic carbocycles. The number of amides is 2. The second-order valence-corrected chi connectivity index (χ2v) is 14.4. The maximum atomic E-state index is 15.2. The number of carbonyl (C=O) groups is 3. The number of halogens is 1. The topological polar surface area (TPSA) is 136 Å². The van der Waals surface area contributed by atoms with Crippen molar-refractivity contribution in [1.82, 2.24) is 20.2 Å². The van der Waals surface area contributed by atoms with E-state index < -0.39 is 23.7 Å². The van der Waals surface area contributed by atoms with Gasteiger partial charge in [0.1, 0.15) is 11.9 Å². The van der Waals surface area contributed by atoms with Crippen LogP contribution < -0.4 is 5.32 Å². The number of likely N-dealkylation sites (tertiary alicyclic amines) is 1. The average molecular weight is 688 g/mol. The van der Waals surface area contributed by atoms with E-state index in [1.54, 1.807) is 48.8 Å². The van der Waals surface area contributed by atoms with Crippen molar-refractivity contribution in [2.75, 3.05) is 13.1 Å². The van der Waals surface area contributed by atoms with Gasteiger partial charge in [-0.3, -0.25) is 14.4 Å². The predicted octanol–water partition coefficient (Wildman–Crippen LogP) is 6.73. The van der Waals surface area contributed by atoms with Crippen molar-refractivity contribution < 1.29 is 23.9 Å². The number of hydrogen-bond acceptors (Lipinski definition) is 7. The molecule has 5 aromatic rings. The number of carboxylic acids is 1. The number of nitrogens with one attached hydrogen (secondary N) is 1. The Labute approximate surface area is 293 Å². The Hall–Kier alpha value is -5.73. The SMILES string of the molecule is CC(C)(C)c1ccc(C(=O)N[C@@H](Cc2ccc(-c3ncc(-c4ccc(-c5ccc(C#N)cc5)cc4F)cn3)cc2)C(=O)N2CC(C(=O)O)C2)s1. The number of benzene rings is 3. The van der Waals surface area contributed by atoms with E-state index in [0.29, 0.717) is 38.5 Å². The van der Waals surface area contributed by atoms with Gasteiger partial charge in [0.25, 0.3) is 5.91 Å². The lowest BCUT2D eigenvalue weighted by molar-refractivity contribution is -0.153. The van der Waals surface area contributed by atoms with E-state index in [9.17, 15) is 19.5 Å². The van der Waals surface area contributed by atoms with Crippen molar-refractivity contribution in [3.8, 4) is 39.7 Å². The van der Waals surface area contributed by atoms with Crippen molar-refractivity contribution in [3.63, 3.8) is 0 Å². The Balaban J connectivity index is 1.15. The van der Waals surface area contributed by atoms with Crippen LogP contribution in [-0.2, 0) is 21.4 Å². The number of nitrogens with zero attached hydrogens (tertiary/aromatic N) is 4. The molecule has 6 rings (SSSR count). The molecule has 2 aromatic heterocycles. The number of aromatic nitrogens is 2. The average Bonchev–Trinajstić information content (AvgIpc) is 3.60. The molecule has 11 heteroatoms. The molecule has 1 fully saturated rings. The van der Waals surface area contributed by atoms with Crippen LogP contribution in [0.3, 0.4) is 0 Å². The molecule has 1 aliphatic rings. The van der Waals surface area contributed by atoms with E-state index in [2.05, 4.69) is 42.1 Å². The molecule has 0 saturated carbocycles. The number of carbonyl (C=O) groups excluding carboxylic acids is 2. The molecule has 1 aliphatic heterocycles. The summed E-state index contributed by atoms with van der Waals surface area (Å²) in [7, 11) is 0. The Bertz CT molecular complexity index is 2090. The molecule has 3 aromatic carbocycles. The minimum absolute atomic E-state index is 0.102. The lowest BCUT2D eigenvalue weighted by Gasteiger charge is -2.38. The summed E-state index contributed by atoms with van der Waals surface area (Å²) < 4.78 is 15.2. The van der Waals surface area contributed by atoms with Crippen LogP contribution >= 0.6 is 11.3 Å². The summed E-state index contributed by atoms with van der Waals surface area (Å²) in [6, 6.07) is 24.0. The fourth-order valence-corrected chi connectivity index (χ4v) is 6.60.